The average molecular weight is 310 g/mol. The fourth-order valence-corrected chi connectivity index (χ4v) is 2.99. The highest BCUT2D eigenvalue weighted by atomic mass is 15.1. The van der Waals surface area contributed by atoms with Gasteiger partial charge in [0.25, 0.3) is 0 Å². The van der Waals surface area contributed by atoms with Gasteiger partial charge in [0.15, 0.2) is 0 Å². The van der Waals surface area contributed by atoms with Crippen molar-refractivity contribution >= 4 is 11.4 Å². The molecule has 0 bridgehead atoms. The maximum atomic E-state index is 3.21. The molecule has 0 spiro atoms. The largest absolute Gasteiger partial charge is 0.388 e. The number of nitrogens with zero attached hydrogens (tertiary/aromatic N) is 1. The number of rotatable bonds is 9. The van der Waals surface area contributed by atoms with Gasteiger partial charge in [-0.15, -0.1) is 0 Å². The zero-order valence-corrected chi connectivity index (χ0v) is 14.8. The Bertz CT molecular complexity index is 586. The second-order valence-corrected chi connectivity index (χ2v) is 6.11. The standard InChI is InChI=1S/C21H30N2/c1-4-14-23(15-5-2)21-11-7-9-19(17-21)13-12-18-8-6-10-20(16-18)22-3/h6-11,16-17,22H,4-5,12-15H2,1-3H3. The molecule has 2 heteroatoms. The van der Waals surface area contributed by atoms with Crippen LogP contribution in [0.2, 0.25) is 0 Å². The van der Waals surface area contributed by atoms with Gasteiger partial charge in [0.1, 0.15) is 0 Å². The second kappa shape index (κ2) is 9.24. The highest BCUT2D eigenvalue weighted by Crippen LogP contribution is 2.19. The normalized spacial score (nSPS) is 10.6. The van der Waals surface area contributed by atoms with Crippen molar-refractivity contribution in [1.29, 1.82) is 0 Å². The minimum atomic E-state index is 1.08. The Balaban J connectivity index is 2.04. The Morgan fingerprint density at radius 3 is 2.04 bits per heavy atom. The molecule has 1 N–H and O–H groups in total. The molecule has 0 aliphatic rings. The first kappa shape index (κ1) is 17.4. The molecule has 0 radical (unpaired) electrons. The van der Waals surface area contributed by atoms with Gasteiger partial charge in [-0.25, -0.2) is 0 Å². The molecule has 23 heavy (non-hydrogen) atoms. The van der Waals surface area contributed by atoms with Crippen LogP contribution in [0, 0.1) is 0 Å². The first-order valence-corrected chi connectivity index (χ1v) is 8.87. The number of hydrogen-bond acceptors (Lipinski definition) is 2. The summed E-state index contributed by atoms with van der Waals surface area (Å²) in [7, 11) is 1.97. The zero-order valence-electron chi connectivity index (χ0n) is 14.8. The predicted molar refractivity (Wildman–Crippen MR) is 103 cm³/mol. The average Bonchev–Trinajstić information content (AvgIpc) is 2.60. The molecule has 2 rings (SSSR count). The minimum absolute atomic E-state index is 1.08. The van der Waals surface area contributed by atoms with Crippen LogP contribution in [0.25, 0.3) is 0 Å². The van der Waals surface area contributed by atoms with Gasteiger partial charge in [0, 0.05) is 31.5 Å². The molecule has 0 unspecified atom stereocenters. The van der Waals surface area contributed by atoms with Crippen LogP contribution >= 0.6 is 0 Å². The molecule has 2 aromatic carbocycles. The van der Waals surface area contributed by atoms with Gasteiger partial charge < -0.3 is 10.2 Å². The molecule has 0 aliphatic heterocycles. The molecule has 0 atom stereocenters. The van der Waals surface area contributed by atoms with Crippen LogP contribution in [0.15, 0.2) is 48.5 Å². The van der Waals surface area contributed by atoms with Crippen molar-refractivity contribution in [2.24, 2.45) is 0 Å². The van der Waals surface area contributed by atoms with Gasteiger partial charge >= 0.3 is 0 Å². The van der Waals surface area contributed by atoms with E-state index < -0.39 is 0 Å². The van der Waals surface area contributed by atoms with Crippen LogP contribution in [0.4, 0.5) is 11.4 Å². The molecule has 0 amide bonds. The highest BCUT2D eigenvalue weighted by molar-refractivity contribution is 5.49. The van der Waals surface area contributed by atoms with Crippen molar-refractivity contribution in [2.45, 2.75) is 39.5 Å². The van der Waals surface area contributed by atoms with Crippen LogP contribution in [-0.2, 0) is 12.8 Å². The number of aryl methyl sites for hydroxylation is 2. The summed E-state index contributed by atoms with van der Waals surface area (Å²) in [6, 6.07) is 17.8. The first-order valence-electron chi connectivity index (χ1n) is 8.87. The smallest absolute Gasteiger partial charge is 0.0368 e. The lowest BCUT2D eigenvalue weighted by molar-refractivity contribution is 0.744. The molecule has 0 saturated carbocycles. The summed E-state index contributed by atoms with van der Waals surface area (Å²) < 4.78 is 0. The van der Waals surface area contributed by atoms with E-state index in [2.05, 4.69) is 72.6 Å². The van der Waals surface area contributed by atoms with E-state index in [1.54, 1.807) is 0 Å². The SMILES string of the molecule is CCCN(CCC)c1cccc(CCc2cccc(NC)c2)c1. The summed E-state index contributed by atoms with van der Waals surface area (Å²) >= 11 is 0. The van der Waals surface area contributed by atoms with E-state index in [1.807, 2.05) is 7.05 Å². The molecule has 0 heterocycles. The minimum Gasteiger partial charge on any atom is -0.388 e. The maximum absolute atomic E-state index is 3.21. The Morgan fingerprint density at radius 2 is 1.43 bits per heavy atom. The lowest BCUT2D eigenvalue weighted by Crippen LogP contribution is -2.24. The van der Waals surface area contributed by atoms with E-state index in [1.165, 1.54) is 35.3 Å². The van der Waals surface area contributed by atoms with E-state index in [0.717, 1.165) is 25.9 Å². The van der Waals surface area contributed by atoms with E-state index in [4.69, 9.17) is 0 Å². The quantitative estimate of drug-likeness (QED) is 0.690. The van der Waals surface area contributed by atoms with E-state index >= 15 is 0 Å². The van der Waals surface area contributed by atoms with Crippen molar-refractivity contribution in [3.05, 3.63) is 59.7 Å². The summed E-state index contributed by atoms with van der Waals surface area (Å²) in [6.07, 6.45) is 4.57. The van der Waals surface area contributed by atoms with Crippen molar-refractivity contribution in [1.82, 2.24) is 0 Å². The topological polar surface area (TPSA) is 15.3 Å². The zero-order chi connectivity index (χ0) is 16.5. The third-order valence-electron chi connectivity index (χ3n) is 4.18. The fraction of sp³-hybridized carbons (Fsp3) is 0.429. The number of benzene rings is 2. The molecule has 2 aromatic rings. The van der Waals surface area contributed by atoms with Crippen LogP contribution in [0.5, 0.6) is 0 Å². The second-order valence-electron chi connectivity index (χ2n) is 6.11. The Labute approximate surface area is 141 Å². The van der Waals surface area contributed by atoms with Crippen molar-refractivity contribution in [3.63, 3.8) is 0 Å². The summed E-state index contributed by atoms with van der Waals surface area (Å²) in [6.45, 7) is 6.78. The fourth-order valence-electron chi connectivity index (χ4n) is 2.99. The molecular weight excluding hydrogens is 280 g/mol. The summed E-state index contributed by atoms with van der Waals surface area (Å²) in [5, 5.41) is 3.21. The third-order valence-corrected chi connectivity index (χ3v) is 4.18. The molecule has 0 aromatic heterocycles. The summed E-state index contributed by atoms with van der Waals surface area (Å²) in [4.78, 5) is 2.51. The van der Waals surface area contributed by atoms with Crippen LogP contribution in [0.1, 0.15) is 37.8 Å². The number of nitrogens with one attached hydrogen (secondary N) is 1. The summed E-state index contributed by atoms with van der Waals surface area (Å²) in [5.41, 5.74) is 5.37. The molecule has 0 saturated heterocycles. The molecule has 2 nitrogen and oxygen atoms in total. The van der Waals surface area contributed by atoms with E-state index in [9.17, 15) is 0 Å². The van der Waals surface area contributed by atoms with Crippen LogP contribution in [-0.4, -0.2) is 20.1 Å². The van der Waals surface area contributed by atoms with Gasteiger partial charge in [-0.05, 0) is 61.1 Å². The van der Waals surface area contributed by atoms with Crippen molar-refractivity contribution in [3.8, 4) is 0 Å². The van der Waals surface area contributed by atoms with Gasteiger partial charge in [0.05, 0.1) is 0 Å². The molecule has 124 valence electrons. The maximum Gasteiger partial charge on any atom is 0.0368 e. The number of hydrogen-bond donors (Lipinski definition) is 1. The molecular formula is C21H30N2. The summed E-state index contributed by atoms with van der Waals surface area (Å²) in [5.74, 6) is 0. The van der Waals surface area contributed by atoms with E-state index in [-0.39, 0.29) is 0 Å². The van der Waals surface area contributed by atoms with Crippen molar-refractivity contribution < 1.29 is 0 Å². The predicted octanol–water partition coefficient (Wildman–Crippen LogP) is 5.14. The Kier molecular flexibility index (Phi) is 6.99. The lowest BCUT2D eigenvalue weighted by atomic mass is 10.0. The number of anilines is 2. The Morgan fingerprint density at radius 1 is 0.826 bits per heavy atom. The van der Waals surface area contributed by atoms with Gasteiger partial charge in [-0.3, -0.25) is 0 Å². The van der Waals surface area contributed by atoms with Crippen LogP contribution in [0.3, 0.4) is 0 Å². The third kappa shape index (κ3) is 5.31. The monoisotopic (exact) mass is 310 g/mol. The van der Waals surface area contributed by atoms with Gasteiger partial charge in [0.2, 0.25) is 0 Å². The molecule has 0 fully saturated rings. The van der Waals surface area contributed by atoms with E-state index in [0.29, 0.717) is 0 Å². The van der Waals surface area contributed by atoms with Gasteiger partial charge in [-0.1, -0.05) is 38.1 Å². The lowest BCUT2D eigenvalue weighted by Gasteiger charge is -2.24. The first-order chi connectivity index (χ1) is 11.3. The van der Waals surface area contributed by atoms with Crippen molar-refractivity contribution in [2.75, 3.05) is 30.4 Å². The Hall–Kier alpha value is -1.96. The van der Waals surface area contributed by atoms with Crippen LogP contribution < -0.4 is 10.2 Å². The van der Waals surface area contributed by atoms with Gasteiger partial charge in [-0.2, -0.15) is 0 Å². The highest BCUT2D eigenvalue weighted by Gasteiger charge is 2.05. The molecule has 0 aliphatic carbocycles.